The predicted octanol–water partition coefficient (Wildman–Crippen LogP) is 1.55. The highest BCUT2D eigenvalue weighted by Crippen LogP contribution is 2.18. The molecule has 1 heterocycles. The van der Waals surface area contributed by atoms with E-state index in [1.807, 2.05) is 6.92 Å². The highest BCUT2D eigenvalue weighted by molar-refractivity contribution is 5.78. The zero-order valence-corrected chi connectivity index (χ0v) is 12.2. The van der Waals surface area contributed by atoms with Gasteiger partial charge in [-0.3, -0.25) is 4.79 Å². The maximum Gasteiger partial charge on any atom is 0.234 e. The fourth-order valence-corrected chi connectivity index (χ4v) is 2.11. The van der Waals surface area contributed by atoms with E-state index < -0.39 is 0 Å². The predicted molar refractivity (Wildman–Crippen MR) is 73.5 cm³/mol. The van der Waals surface area contributed by atoms with Crippen molar-refractivity contribution in [1.82, 2.24) is 10.6 Å². The quantitative estimate of drug-likeness (QED) is 0.758. The smallest absolute Gasteiger partial charge is 0.234 e. The van der Waals surface area contributed by atoms with Crippen LogP contribution in [-0.4, -0.2) is 37.7 Å². The third-order valence-corrected chi connectivity index (χ3v) is 3.95. The lowest BCUT2D eigenvalue weighted by Gasteiger charge is -2.28. The van der Waals surface area contributed by atoms with Crippen molar-refractivity contribution < 1.29 is 9.53 Å². The third kappa shape index (κ3) is 5.36. The number of rotatable bonds is 6. The van der Waals surface area contributed by atoms with Gasteiger partial charge in [0, 0.05) is 25.3 Å². The van der Waals surface area contributed by atoms with E-state index in [1.165, 1.54) is 0 Å². The maximum atomic E-state index is 11.7. The Balaban J connectivity index is 2.20. The summed E-state index contributed by atoms with van der Waals surface area (Å²) in [7, 11) is 0. The van der Waals surface area contributed by atoms with Crippen molar-refractivity contribution in [2.45, 2.75) is 52.6 Å². The molecule has 1 aliphatic rings. The zero-order valence-electron chi connectivity index (χ0n) is 12.2. The summed E-state index contributed by atoms with van der Waals surface area (Å²) in [6.07, 6.45) is 2.19. The Labute approximate surface area is 111 Å². The van der Waals surface area contributed by atoms with Gasteiger partial charge in [0.25, 0.3) is 0 Å². The summed E-state index contributed by atoms with van der Waals surface area (Å²) in [5.74, 6) is 1.20. The summed E-state index contributed by atoms with van der Waals surface area (Å²) >= 11 is 0. The second-order valence-electron chi connectivity index (χ2n) is 5.72. The van der Waals surface area contributed by atoms with Crippen LogP contribution < -0.4 is 10.6 Å². The van der Waals surface area contributed by atoms with Gasteiger partial charge in [0.15, 0.2) is 0 Å². The largest absolute Gasteiger partial charge is 0.381 e. The number of hydrogen-bond donors (Lipinski definition) is 2. The van der Waals surface area contributed by atoms with Crippen LogP contribution in [0.5, 0.6) is 0 Å². The van der Waals surface area contributed by atoms with Crippen LogP contribution in [0.4, 0.5) is 0 Å². The fourth-order valence-electron chi connectivity index (χ4n) is 2.11. The molecule has 0 spiro atoms. The summed E-state index contributed by atoms with van der Waals surface area (Å²) < 4.78 is 5.35. The molecule has 4 heteroatoms. The number of amides is 1. The lowest BCUT2D eigenvalue weighted by atomic mass is 9.93. The Morgan fingerprint density at radius 3 is 2.39 bits per heavy atom. The molecule has 0 saturated carbocycles. The first-order chi connectivity index (χ1) is 8.50. The second kappa shape index (κ2) is 7.74. The van der Waals surface area contributed by atoms with E-state index in [-0.39, 0.29) is 11.9 Å². The first-order valence-corrected chi connectivity index (χ1v) is 7.11. The number of ether oxygens (including phenoxy) is 1. The van der Waals surface area contributed by atoms with Crippen molar-refractivity contribution in [1.29, 1.82) is 0 Å². The number of nitrogens with one attached hydrogen (secondary N) is 2. The van der Waals surface area contributed by atoms with Gasteiger partial charge >= 0.3 is 0 Å². The molecule has 2 unspecified atom stereocenters. The molecule has 106 valence electrons. The molecule has 2 N–H and O–H groups in total. The van der Waals surface area contributed by atoms with E-state index in [1.54, 1.807) is 0 Å². The molecule has 1 aliphatic heterocycles. The third-order valence-electron chi connectivity index (χ3n) is 3.95. The van der Waals surface area contributed by atoms with Crippen LogP contribution in [0, 0.1) is 11.8 Å². The van der Waals surface area contributed by atoms with Gasteiger partial charge in [-0.2, -0.15) is 0 Å². The lowest BCUT2D eigenvalue weighted by molar-refractivity contribution is -0.121. The number of carbonyl (C=O) groups excluding carboxylic acids is 1. The van der Waals surface area contributed by atoms with Crippen LogP contribution in [0.1, 0.15) is 40.5 Å². The van der Waals surface area contributed by atoms with Gasteiger partial charge in [-0.05, 0) is 38.5 Å². The number of hydrogen-bond acceptors (Lipinski definition) is 3. The Morgan fingerprint density at radius 2 is 1.83 bits per heavy atom. The van der Waals surface area contributed by atoms with Crippen molar-refractivity contribution in [2.24, 2.45) is 11.8 Å². The minimum Gasteiger partial charge on any atom is -0.381 e. The zero-order chi connectivity index (χ0) is 13.5. The highest BCUT2D eigenvalue weighted by atomic mass is 16.5. The molecule has 0 aromatic rings. The summed E-state index contributed by atoms with van der Waals surface area (Å²) in [6.45, 7) is 10.6. The van der Waals surface area contributed by atoms with E-state index in [4.69, 9.17) is 4.74 Å². The van der Waals surface area contributed by atoms with Crippen LogP contribution in [0.15, 0.2) is 0 Å². The van der Waals surface area contributed by atoms with Crippen LogP contribution >= 0.6 is 0 Å². The Hall–Kier alpha value is -0.610. The summed E-state index contributed by atoms with van der Waals surface area (Å²) in [5.41, 5.74) is 0. The van der Waals surface area contributed by atoms with Crippen LogP contribution in [0.25, 0.3) is 0 Å². The van der Waals surface area contributed by atoms with Gasteiger partial charge in [0.2, 0.25) is 5.91 Å². The van der Waals surface area contributed by atoms with Crippen molar-refractivity contribution >= 4 is 5.91 Å². The van der Waals surface area contributed by atoms with Gasteiger partial charge in [0.05, 0.1) is 6.54 Å². The van der Waals surface area contributed by atoms with Gasteiger partial charge in [-0.15, -0.1) is 0 Å². The fraction of sp³-hybridized carbons (Fsp3) is 0.929. The van der Waals surface area contributed by atoms with E-state index in [9.17, 15) is 4.79 Å². The molecule has 1 saturated heterocycles. The average Bonchev–Trinajstić information content (AvgIpc) is 2.36. The molecular formula is C14H28N2O2. The van der Waals surface area contributed by atoms with Crippen LogP contribution in [-0.2, 0) is 9.53 Å². The summed E-state index contributed by atoms with van der Waals surface area (Å²) in [5, 5.41) is 6.34. The SMILES string of the molecule is CC(C)C(C)NC(=O)CNC(C)C1CCOCC1. The molecular weight excluding hydrogens is 228 g/mol. The standard InChI is InChI=1S/C14H28N2O2/c1-10(2)11(3)16-14(17)9-15-12(4)13-5-7-18-8-6-13/h10-13,15H,5-9H2,1-4H3,(H,16,17). The van der Waals surface area contributed by atoms with Crippen molar-refractivity contribution in [3.05, 3.63) is 0 Å². The van der Waals surface area contributed by atoms with Gasteiger partial charge in [-0.25, -0.2) is 0 Å². The highest BCUT2D eigenvalue weighted by Gasteiger charge is 2.20. The average molecular weight is 256 g/mol. The van der Waals surface area contributed by atoms with Gasteiger partial charge in [-0.1, -0.05) is 13.8 Å². The van der Waals surface area contributed by atoms with Gasteiger partial charge in [0.1, 0.15) is 0 Å². The molecule has 18 heavy (non-hydrogen) atoms. The lowest BCUT2D eigenvalue weighted by Crippen LogP contribution is -2.45. The Morgan fingerprint density at radius 1 is 1.22 bits per heavy atom. The minimum absolute atomic E-state index is 0.0927. The first kappa shape index (κ1) is 15.4. The first-order valence-electron chi connectivity index (χ1n) is 7.11. The van der Waals surface area contributed by atoms with E-state index in [2.05, 4.69) is 31.4 Å². The van der Waals surface area contributed by atoms with E-state index in [0.717, 1.165) is 26.1 Å². The second-order valence-corrected chi connectivity index (χ2v) is 5.72. The maximum absolute atomic E-state index is 11.7. The van der Waals surface area contributed by atoms with E-state index in [0.29, 0.717) is 24.4 Å². The topological polar surface area (TPSA) is 50.4 Å². The normalized spacial score (nSPS) is 20.7. The van der Waals surface area contributed by atoms with Crippen LogP contribution in [0.3, 0.4) is 0 Å². The number of carbonyl (C=O) groups is 1. The Kier molecular flexibility index (Phi) is 6.65. The van der Waals surface area contributed by atoms with E-state index >= 15 is 0 Å². The summed E-state index contributed by atoms with van der Waals surface area (Å²) in [4.78, 5) is 11.7. The molecule has 4 nitrogen and oxygen atoms in total. The molecule has 0 aliphatic carbocycles. The van der Waals surface area contributed by atoms with Gasteiger partial charge < -0.3 is 15.4 Å². The molecule has 1 fully saturated rings. The van der Waals surface area contributed by atoms with Crippen LogP contribution in [0.2, 0.25) is 0 Å². The molecule has 0 aromatic carbocycles. The molecule has 1 rings (SSSR count). The van der Waals surface area contributed by atoms with Crippen molar-refractivity contribution in [2.75, 3.05) is 19.8 Å². The molecule has 1 amide bonds. The molecule has 0 bridgehead atoms. The summed E-state index contributed by atoms with van der Waals surface area (Å²) in [6, 6.07) is 0.617. The monoisotopic (exact) mass is 256 g/mol. The minimum atomic E-state index is 0.0927. The Bertz CT molecular complexity index is 250. The van der Waals surface area contributed by atoms with Crippen molar-refractivity contribution in [3.8, 4) is 0 Å². The molecule has 0 aromatic heterocycles. The molecule has 2 atom stereocenters. The van der Waals surface area contributed by atoms with Crippen molar-refractivity contribution in [3.63, 3.8) is 0 Å². The molecule has 0 radical (unpaired) electrons.